The minimum absolute atomic E-state index is 0.0547. The van der Waals surface area contributed by atoms with E-state index in [-0.39, 0.29) is 31.2 Å². The van der Waals surface area contributed by atoms with Crippen molar-refractivity contribution in [2.45, 2.75) is 84.5 Å². The van der Waals surface area contributed by atoms with E-state index in [1.165, 1.54) is 17.0 Å². The van der Waals surface area contributed by atoms with Gasteiger partial charge in [-0.25, -0.2) is 4.79 Å². The van der Waals surface area contributed by atoms with Crippen molar-refractivity contribution in [3.05, 3.63) is 29.8 Å². The average molecular weight is 479 g/mol. The van der Waals surface area contributed by atoms with Crippen LogP contribution in [0.25, 0.3) is 0 Å². The minimum Gasteiger partial charge on any atom is -0.508 e. The Balaban J connectivity index is 3.41. The Morgan fingerprint density at radius 2 is 1.79 bits per heavy atom. The molecule has 0 fully saturated rings. The molecule has 0 aromatic heterocycles. The highest BCUT2D eigenvalue weighted by molar-refractivity contribution is 5.92. The summed E-state index contributed by atoms with van der Waals surface area (Å²) in [6, 6.07) is 3.68. The lowest BCUT2D eigenvalue weighted by Gasteiger charge is -2.34. The molecule has 4 amide bonds. The second-order valence-corrected chi connectivity index (χ2v) is 9.40. The number of phenols is 1. The number of ether oxygens (including phenoxy) is 1. The lowest BCUT2D eigenvalue weighted by atomic mass is 10.0. The average Bonchev–Trinajstić information content (AvgIpc) is 2.68. The van der Waals surface area contributed by atoms with Crippen LogP contribution >= 0.6 is 0 Å². The molecule has 0 aliphatic heterocycles. The van der Waals surface area contributed by atoms with E-state index in [9.17, 15) is 24.3 Å². The third-order valence-corrected chi connectivity index (χ3v) is 4.59. The summed E-state index contributed by atoms with van der Waals surface area (Å²) in [4.78, 5) is 52.1. The van der Waals surface area contributed by atoms with Crippen LogP contribution < -0.4 is 16.4 Å². The van der Waals surface area contributed by atoms with Gasteiger partial charge in [-0.15, -0.1) is 0 Å². The number of hydrogen-bond donors (Lipinski definition) is 4. The highest BCUT2D eigenvalue weighted by atomic mass is 16.6. The van der Waals surface area contributed by atoms with E-state index < -0.39 is 41.5 Å². The lowest BCUT2D eigenvalue weighted by molar-refractivity contribution is -0.143. The molecule has 0 heterocycles. The molecule has 0 aliphatic rings. The normalized spacial score (nSPS) is 13.0. The number of carbonyl (C=O) groups excluding carboxylic acids is 4. The van der Waals surface area contributed by atoms with Crippen molar-refractivity contribution in [2.75, 3.05) is 6.54 Å². The summed E-state index contributed by atoms with van der Waals surface area (Å²) in [5, 5.41) is 15.3. The van der Waals surface area contributed by atoms with E-state index in [1.54, 1.807) is 46.8 Å². The van der Waals surface area contributed by atoms with E-state index in [0.29, 0.717) is 12.0 Å². The van der Waals surface area contributed by atoms with Crippen molar-refractivity contribution in [1.82, 2.24) is 15.5 Å². The predicted octanol–water partition coefficient (Wildman–Crippen LogP) is 2.36. The molecule has 34 heavy (non-hydrogen) atoms. The molecule has 0 radical (unpaired) electrons. The summed E-state index contributed by atoms with van der Waals surface area (Å²) >= 11 is 0. The van der Waals surface area contributed by atoms with Crippen molar-refractivity contribution in [3.63, 3.8) is 0 Å². The van der Waals surface area contributed by atoms with E-state index in [1.807, 2.05) is 6.92 Å². The number of benzene rings is 1. The van der Waals surface area contributed by atoms with Crippen LogP contribution in [0.3, 0.4) is 0 Å². The van der Waals surface area contributed by atoms with Crippen LogP contribution in [-0.2, 0) is 19.1 Å². The number of nitrogens with two attached hydrogens (primary N) is 1. The van der Waals surface area contributed by atoms with Crippen LogP contribution in [0.5, 0.6) is 5.75 Å². The summed E-state index contributed by atoms with van der Waals surface area (Å²) in [5.41, 5.74) is 4.89. The van der Waals surface area contributed by atoms with Gasteiger partial charge >= 0.3 is 6.09 Å². The number of nitrogens with one attached hydrogen (secondary N) is 2. The quantitative estimate of drug-likeness (QED) is 0.383. The number of carbonyl (C=O) groups is 4. The molecule has 2 atom stereocenters. The molecule has 1 rings (SSSR count). The van der Waals surface area contributed by atoms with E-state index in [4.69, 9.17) is 10.5 Å². The Morgan fingerprint density at radius 1 is 1.15 bits per heavy atom. The van der Waals surface area contributed by atoms with Gasteiger partial charge in [-0.3, -0.25) is 14.4 Å². The molecule has 5 N–H and O–H groups in total. The number of alkyl carbamates (subject to hydrolysis) is 1. The van der Waals surface area contributed by atoms with E-state index in [0.717, 1.165) is 0 Å². The van der Waals surface area contributed by atoms with Crippen LogP contribution in [0.1, 0.15) is 72.4 Å². The van der Waals surface area contributed by atoms with Crippen LogP contribution in [0.2, 0.25) is 0 Å². The van der Waals surface area contributed by atoms with Gasteiger partial charge < -0.3 is 31.1 Å². The smallest absolute Gasteiger partial charge is 0.408 e. The molecule has 190 valence electrons. The van der Waals surface area contributed by atoms with Gasteiger partial charge in [0.25, 0.3) is 0 Å². The molecular weight excluding hydrogens is 440 g/mol. The summed E-state index contributed by atoms with van der Waals surface area (Å²) in [6.45, 7) is 10.7. The van der Waals surface area contributed by atoms with Crippen molar-refractivity contribution in [1.29, 1.82) is 0 Å². The second-order valence-electron chi connectivity index (χ2n) is 9.40. The summed E-state index contributed by atoms with van der Waals surface area (Å²) < 4.78 is 5.28. The molecule has 0 aliphatic carbocycles. The summed E-state index contributed by atoms with van der Waals surface area (Å²) in [6.07, 6.45) is -0.523. The molecule has 10 heteroatoms. The number of primary amides is 1. The number of nitrogens with zero attached hydrogens (tertiary/aromatic N) is 1. The first-order valence-electron chi connectivity index (χ1n) is 11.4. The maximum atomic E-state index is 13.7. The monoisotopic (exact) mass is 478 g/mol. The molecule has 0 saturated carbocycles. The van der Waals surface area contributed by atoms with Crippen molar-refractivity contribution in [3.8, 4) is 5.75 Å². The molecular formula is C24H38N4O6. The van der Waals surface area contributed by atoms with Gasteiger partial charge in [0, 0.05) is 19.0 Å². The van der Waals surface area contributed by atoms with Crippen LogP contribution in [-0.4, -0.2) is 58.1 Å². The van der Waals surface area contributed by atoms with Gasteiger partial charge in [-0.1, -0.05) is 19.1 Å². The van der Waals surface area contributed by atoms with Gasteiger partial charge in [0.05, 0.1) is 0 Å². The lowest BCUT2D eigenvalue weighted by Crippen LogP contribution is -2.53. The van der Waals surface area contributed by atoms with Crippen molar-refractivity contribution < 1.29 is 29.0 Å². The Morgan fingerprint density at radius 3 is 2.29 bits per heavy atom. The first-order chi connectivity index (χ1) is 15.7. The molecule has 0 bridgehead atoms. The van der Waals surface area contributed by atoms with Gasteiger partial charge in [0.1, 0.15) is 23.4 Å². The number of phenolic OH excluding ortho intramolecular Hbond substituents is 1. The molecule has 2 unspecified atom stereocenters. The third kappa shape index (κ3) is 9.68. The Bertz CT molecular complexity index is 865. The van der Waals surface area contributed by atoms with Gasteiger partial charge in [0.15, 0.2) is 0 Å². The molecule has 10 nitrogen and oxygen atoms in total. The second kappa shape index (κ2) is 12.8. The third-order valence-electron chi connectivity index (χ3n) is 4.59. The fraction of sp³-hybridized carbons (Fsp3) is 0.583. The fourth-order valence-corrected chi connectivity index (χ4v) is 3.33. The zero-order chi connectivity index (χ0) is 26.1. The SMILES string of the molecule is CCCN(C(=O)C(CCC(N)=O)NC(=O)OC(C)(C)C)C(C(=O)NC(C)C)c1cccc(O)c1. The fourth-order valence-electron chi connectivity index (χ4n) is 3.33. The molecule has 1 aromatic rings. The Labute approximate surface area is 201 Å². The van der Waals surface area contributed by atoms with Gasteiger partial charge in [-0.2, -0.15) is 0 Å². The van der Waals surface area contributed by atoms with Crippen molar-refractivity contribution >= 4 is 23.8 Å². The number of amides is 4. The molecule has 0 saturated heterocycles. The highest BCUT2D eigenvalue weighted by Gasteiger charge is 2.36. The zero-order valence-electron chi connectivity index (χ0n) is 20.9. The van der Waals surface area contributed by atoms with E-state index >= 15 is 0 Å². The number of hydrogen-bond acceptors (Lipinski definition) is 6. The topological polar surface area (TPSA) is 151 Å². The standard InChI is InChI=1S/C24H38N4O6/c1-7-13-28(20(21(31)26-15(2)3)16-9-8-10-17(29)14-16)22(32)18(11-12-19(25)30)27-23(33)34-24(4,5)6/h8-10,14-15,18,20,29H,7,11-13H2,1-6H3,(H2,25,30)(H,26,31)(H,27,33). The minimum atomic E-state index is -1.15. The maximum absolute atomic E-state index is 13.7. The Kier molecular flexibility index (Phi) is 10.8. The highest BCUT2D eigenvalue weighted by Crippen LogP contribution is 2.26. The first kappa shape index (κ1) is 28.7. The zero-order valence-corrected chi connectivity index (χ0v) is 20.9. The van der Waals surface area contributed by atoms with Gasteiger partial charge in [0.2, 0.25) is 17.7 Å². The maximum Gasteiger partial charge on any atom is 0.408 e. The Hall–Kier alpha value is -3.30. The largest absolute Gasteiger partial charge is 0.508 e. The van der Waals surface area contributed by atoms with E-state index in [2.05, 4.69) is 10.6 Å². The van der Waals surface area contributed by atoms with Crippen LogP contribution in [0.4, 0.5) is 4.79 Å². The number of aromatic hydroxyl groups is 1. The van der Waals surface area contributed by atoms with Crippen molar-refractivity contribution in [2.24, 2.45) is 5.73 Å². The molecule has 1 aromatic carbocycles. The molecule has 0 spiro atoms. The number of rotatable bonds is 11. The first-order valence-corrected chi connectivity index (χ1v) is 11.4. The predicted molar refractivity (Wildman–Crippen MR) is 128 cm³/mol. The van der Waals surface area contributed by atoms with Crippen LogP contribution in [0, 0.1) is 0 Å². The van der Waals surface area contributed by atoms with Crippen LogP contribution in [0.15, 0.2) is 24.3 Å². The van der Waals surface area contributed by atoms with Gasteiger partial charge in [-0.05, 0) is 65.2 Å². The summed E-state index contributed by atoms with van der Waals surface area (Å²) in [7, 11) is 0. The summed E-state index contributed by atoms with van der Waals surface area (Å²) in [5.74, 6) is -1.69.